The van der Waals surface area contributed by atoms with Crippen LogP contribution in [0.3, 0.4) is 0 Å². The second-order valence-electron chi connectivity index (χ2n) is 5.31. The number of aliphatic carboxylic acids is 1. The van der Waals surface area contributed by atoms with E-state index >= 15 is 0 Å². The van der Waals surface area contributed by atoms with E-state index in [9.17, 15) is 19.5 Å². The molecule has 0 radical (unpaired) electrons. The maximum Gasteiger partial charge on any atom is 0.322 e. The van der Waals surface area contributed by atoms with Gasteiger partial charge >= 0.3 is 5.97 Å². The molecule has 0 aromatic heterocycles. The highest BCUT2D eigenvalue weighted by Gasteiger charge is 2.37. The largest absolute Gasteiger partial charge is 0.480 e. The summed E-state index contributed by atoms with van der Waals surface area (Å²) in [6.45, 7) is 0. The predicted octanol–water partition coefficient (Wildman–Crippen LogP) is 2.25. The van der Waals surface area contributed by atoms with Crippen LogP contribution in [0.4, 0.5) is 0 Å². The minimum atomic E-state index is -1.15. The molecular weight excluding hydrogens is 376 g/mol. The standard InChI is InChI=1S/C17H13BrN2O4/c18-13-8-4-1-5-10(13)9-14(17(23)24)19-20-15(21)11-6-2-3-7-12(11)16(20)22/h1-8,14,19H,9H2,(H,23,24)/t14-/m0/s1. The van der Waals surface area contributed by atoms with Gasteiger partial charge in [0.05, 0.1) is 11.1 Å². The lowest BCUT2D eigenvalue weighted by molar-refractivity contribution is -0.140. The first-order chi connectivity index (χ1) is 11.5. The predicted molar refractivity (Wildman–Crippen MR) is 89.3 cm³/mol. The summed E-state index contributed by atoms with van der Waals surface area (Å²) in [6.07, 6.45) is 0.115. The van der Waals surface area contributed by atoms with Crippen LogP contribution < -0.4 is 5.43 Å². The van der Waals surface area contributed by atoms with E-state index in [0.29, 0.717) is 0 Å². The van der Waals surface area contributed by atoms with Crippen LogP contribution in [-0.4, -0.2) is 33.9 Å². The summed E-state index contributed by atoms with van der Waals surface area (Å²) in [7, 11) is 0. The van der Waals surface area contributed by atoms with Crippen molar-refractivity contribution in [3.05, 3.63) is 69.7 Å². The number of rotatable bonds is 5. The topological polar surface area (TPSA) is 86.7 Å². The number of carbonyl (C=O) groups excluding carboxylic acids is 2. The smallest absolute Gasteiger partial charge is 0.322 e. The number of fused-ring (bicyclic) bond motifs is 1. The van der Waals surface area contributed by atoms with E-state index in [2.05, 4.69) is 21.4 Å². The molecule has 0 saturated heterocycles. The van der Waals surface area contributed by atoms with Gasteiger partial charge in [0.2, 0.25) is 0 Å². The number of hydrogen-bond acceptors (Lipinski definition) is 4. The second-order valence-corrected chi connectivity index (χ2v) is 6.16. The maximum absolute atomic E-state index is 12.3. The third-order valence-electron chi connectivity index (χ3n) is 3.76. The molecule has 122 valence electrons. The van der Waals surface area contributed by atoms with Crippen molar-refractivity contribution < 1.29 is 19.5 Å². The summed E-state index contributed by atoms with van der Waals surface area (Å²) in [6, 6.07) is 12.5. The first kappa shape index (κ1) is 16.4. The lowest BCUT2D eigenvalue weighted by Gasteiger charge is -2.21. The fraction of sp³-hybridized carbons (Fsp3) is 0.118. The van der Waals surface area contributed by atoms with Crippen LogP contribution >= 0.6 is 15.9 Å². The maximum atomic E-state index is 12.3. The molecule has 2 aromatic carbocycles. The molecule has 1 atom stereocenters. The highest BCUT2D eigenvalue weighted by atomic mass is 79.9. The van der Waals surface area contributed by atoms with Gasteiger partial charge in [0.15, 0.2) is 0 Å². The molecule has 0 bridgehead atoms. The Bertz CT molecular complexity index is 802. The molecule has 0 fully saturated rings. The van der Waals surface area contributed by atoms with E-state index in [0.717, 1.165) is 15.0 Å². The molecule has 1 aliphatic heterocycles. The molecule has 6 nitrogen and oxygen atoms in total. The third-order valence-corrected chi connectivity index (χ3v) is 4.53. The molecule has 2 N–H and O–H groups in total. The summed E-state index contributed by atoms with van der Waals surface area (Å²) >= 11 is 3.37. The van der Waals surface area contributed by atoms with Crippen molar-refractivity contribution in [1.29, 1.82) is 0 Å². The van der Waals surface area contributed by atoms with Crippen molar-refractivity contribution in [3.63, 3.8) is 0 Å². The van der Waals surface area contributed by atoms with E-state index < -0.39 is 23.8 Å². The van der Waals surface area contributed by atoms with Crippen LogP contribution in [0, 0.1) is 0 Å². The highest BCUT2D eigenvalue weighted by Crippen LogP contribution is 2.22. The summed E-state index contributed by atoms with van der Waals surface area (Å²) < 4.78 is 0.764. The van der Waals surface area contributed by atoms with Crippen molar-refractivity contribution in [1.82, 2.24) is 10.4 Å². The van der Waals surface area contributed by atoms with Gasteiger partial charge < -0.3 is 5.11 Å². The number of benzene rings is 2. The van der Waals surface area contributed by atoms with Gasteiger partial charge in [0.1, 0.15) is 6.04 Å². The van der Waals surface area contributed by atoms with Crippen LogP contribution in [0.1, 0.15) is 26.3 Å². The molecule has 0 spiro atoms. The average Bonchev–Trinajstić information content (AvgIpc) is 2.81. The Morgan fingerprint density at radius 2 is 1.58 bits per heavy atom. The average molecular weight is 389 g/mol. The Hall–Kier alpha value is -2.51. The third kappa shape index (κ3) is 2.95. The number of nitrogens with one attached hydrogen (secondary N) is 1. The number of hydrogen-bond donors (Lipinski definition) is 2. The minimum absolute atomic E-state index is 0.115. The van der Waals surface area contributed by atoms with Crippen molar-refractivity contribution >= 4 is 33.7 Å². The number of amides is 2. The zero-order chi connectivity index (χ0) is 17.3. The van der Waals surface area contributed by atoms with Gasteiger partial charge in [0.25, 0.3) is 11.8 Å². The number of imide groups is 1. The summed E-state index contributed by atoms with van der Waals surface area (Å²) in [4.78, 5) is 36.2. The summed E-state index contributed by atoms with van der Waals surface area (Å²) in [5, 5.41) is 10.2. The van der Waals surface area contributed by atoms with E-state index in [4.69, 9.17) is 0 Å². The van der Waals surface area contributed by atoms with Crippen LogP contribution in [0.15, 0.2) is 53.0 Å². The van der Waals surface area contributed by atoms with Crippen LogP contribution in [0.2, 0.25) is 0 Å². The van der Waals surface area contributed by atoms with E-state index in [-0.39, 0.29) is 17.5 Å². The molecule has 7 heteroatoms. The number of carboxylic acid groups (broad SMARTS) is 1. The van der Waals surface area contributed by atoms with Gasteiger partial charge in [-0.25, -0.2) is 10.4 Å². The fourth-order valence-corrected chi connectivity index (χ4v) is 2.98. The number of carboxylic acids is 1. The second kappa shape index (κ2) is 6.54. The quantitative estimate of drug-likeness (QED) is 0.767. The van der Waals surface area contributed by atoms with E-state index in [1.807, 2.05) is 6.07 Å². The van der Waals surface area contributed by atoms with E-state index in [1.165, 1.54) is 0 Å². The monoisotopic (exact) mass is 388 g/mol. The Morgan fingerprint density at radius 3 is 2.12 bits per heavy atom. The Labute approximate surface area is 146 Å². The minimum Gasteiger partial charge on any atom is -0.480 e. The molecule has 0 unspecified atom stereocenters. The fourth-order valence-electron chi connectivity index (χ4n) is 2.53. The van der Waals surface area contributed by atoms with Gasteiger partial charge in [-0.3, -0.25) is 14.4 Å². The molecule has 3 rings (SSSR count). The number of hydrazine groups is 1. The van der Waals surface area contributed by atoms with E-state index in [1.54, 1.807) is 42.5 Å². The number of carbonyl (C=O) groups is 3. The number of halogens is 1. The van der Waals surface area contributed by atoms with Crippen molar-refractivity contribution in [2.75, 3.05) is 0 Å². The molecule has 2 aromatic rings. The summed E-state index contributed by atoms with van der Waals surface area (Å²) in [5.74, 6) is -2.25. The first-order valence-electron chi connectivity index (χ1n) is 7.19. The van der Waals surface area contributed by atoms with Crippen molar-refractivity contribution in [2.24, 2.45) is 0 Å². The van der Waals surface area contributed by atoms with Crippen molar-refractivity contribution in [2.45, 2.75) is 12.5 Å². The number of nitrogens with zero attached hydrogens (tertiary/aromatic N) is 1. The molecule has 2 amide bonds. The SMILES string of the molecule is O=C(O)[C@H](Cc1ccccc1Br)NN1C(=O)c2ccccc2C1=O. The molecule has 1 aliphatic rings. The lowest BCUT2D eigenvalue weighted by Crippen LogP contribution is -2.52. The van der Waals surface area contributed by atoms with Gasteiger partial charge in [-0.05, 0) is 23.8 Å². The van der Waals surface area contributed by atoms with Gasteiger partial charge in [0, 0.05) is 10.9 Å². The Kier molecular flexibility index (Phi) is 4.46. The molecular formula is C17H13BrN2O4. The molecule has 1 heterocycles. The Morgan fingerprint density at radius 1 is 1.04 bits per heavy atom. The zero-order valence-corrected chi connectivity index (χ0v) is 14.0. The van der Waals surface area contributed by atoms with Crippen LogP contribution in [-0.2, 0) is 11.2 Å². The zero-order valence-electron chi connectivity index (χ0n) is 12.4. The Balaban J connectivity index is 1.83. The van der Waals surface area contributed by atoms with Gasteiger partial charge in [-0.15, -0.1) is 0 Å². The summed E-state index contributed by atoms with van der Waals surface area (Å²) in [5.41, 5.74) is 3.84. The lowest BCUT2D eigenvalue weighted by atomic mass is 10.1. The van der Waals surface area contributed by atoms with Gasteiger partial charge in [-0.1, -0.05) is 46.3 Å². The normalized spacial score (nSPS) is 14.6. The van der Waals surface area contributed by atoms with Gasteiger partial charge in [-0.2, -0.15) is 0 Å². The highest BCUT2D eigenvalue weighted by molar-refractivity contribution is 9.10. The first-order valence-corrected chi connectivity index (χ1v) is 7.98. The molecule has 0 aliphatic carbocycles. The molecule has 0 saturated carbocycles. The van der Waals surface area contributed by atoms with Crippen LogP contribution in [0.5, 0.6) is 0 Å². The molecule has 24 heavy (non-hydrogen) atoms. The van der Waals surface area contributed by atoms with Crippen molar-refractivity contribution in [3.8, 4) is 0 Å². The van der Waals surface area contributed by atoms with Crippen LogP contribution in [0.25, 0.3) is 0 Å².